The average Bonchev–Trinajstić information content (AvgIpc) is 3.16. The molecule has 1 fully saturated rings. The molecule has 1 aromatic heterocycles. The Kier molecular flexibility index (Phi) is 5.62. The Bertz CT molecular complexity index is 768. The van der Waals surface area contributed by atoms with Crippen molar-refractivity contribution in [2.75, 3.05) is 7.11 Å². The second-order valence-corrected chi connectivity index (χ2v) is 6.14. The van der Waals surface area contributed by atoms with E-state index in [0.29, 0.717) is 12.2 Å². The standard InChI is InChI=1S/C18H19F3N4O2/c1-27-12-7-5-11(6-8-12)14-10-15(25-24-14)17(26)23-16(18(19,20)21)13-4-2-3-9-22-13/h2-9,14-16,24-25H,10H2,1H3,(H,23,26). The molecule has 2 aromatic rings. The number of halogens is 3. The molecule has 3 atom stereocenters. The lowest BCUT2D eigenvalue weighted by Crippen LogP contribution is -2.47. The summed E-state index contributed by atoms with van der Waals surface area (Å²) in [5.41, 5.74) is 6.35. The Morgan fingerprint density at radius 2 is 1.96 bits per heavy atom. The lowest BCUT2D eigenvalue weighted by atomic mass is 10.0. The molecule has 27 heavy (non-hydrogen) atoms. The van der Waals surface area contributed by atoms with Crippen LogP contribution in [-0.4, -0.2) is 30.2 Å². The number of methoxy groups -OCH3 is 1. The molecule has 3 rings (SSSR count). The summed E-state index contributed by atoms with van der Waals surface area (Å²) >= 11 is 0. The van der Waals surface area contributed by atoms with E-state index in [1.807, 2.05) is 12.1 Å². The number of rotatable bonds is 5. The number of benzene rings is 1. The summed E-state index contributed by atoms with van der Waals surface area (Å²) in [6, 6.07) is 8.28. The van der Waals surface area contributed by atoms with Crippen molar-refractivity contribution in [1.82, 2.24) is 21.2 Å². The van der Waals surface area contributed by atoms with Crippen molar-refractivity contribution < 1.29 is 22.7 Å². The van der Waals surface area contributed by atoms with Crippen molar-refractivity contribution >= 4 is 5.91 Å². The van der Waals surface area contributed by atoms with Crippen LogP contribution in [0.4, 0.5) is 13.2 Å². The molecule has 3 N–H and O–H groups in total. The number of ether oxygens (including phenoxy) is 1. The molecule has 144 valence electrons. The van der Waals surface area contributed by atoms with Crippen molar-refractivity contribution in [2.45, 2.75) is 30.7 Å². The second kappa shape index (κ2) is 7.93. The molecule has 6 nitrogen and oxygen atoms in total. The Hall–Kier alpha value is -2.65. The zero-order valence-electron chi connectivity index (χ0n) is 14.5. The van der Waals surface area contributed by atoms with E-state index in [1.165, 1.54) is 24.4 Å². The summed E-state index contributed by atoms with van der Waals surface area (Å²) < 4.78 is 45.2. The maximum absolute atomic E-state index is 13.4. The van der Waals surface area contributed by atoms with Gasteiger partial charge in [-0.1, -0.05) is 18.2 Å². The van der Waals surface area contributed by atoms with Crippen molar-refractivity contribution in [1.29, 1.82) is 0 Å². The van der Waals surface area contributed by atoms with Crippen LogP contribution in [0, 0.1) is 0 Å². The molecular weight excluding hydrogens is 361 g/mol. The molecule has 2 heterocycles. The van der Waals surface area contributed by atoms with E-state index in [9.17, 15) is 18.0 Å². The van der Waals surface area contributed by atoms with Gasteiger partial charge < -0.3 is 10.1 Å². The zero-order chi connectivity index (χ0) is 19.4. The molecule has 1 aliphatic heterocycles. The minimum absolute atomic E-state index is 0.203. The second-order valence-electron chi connectivity index (χ2n) is 6.14. The molecule has 0 saturated carbocycles. The summed E-state index contributed by atoms with van der Waals surface area (Å²) in [6.07, 6.45) is -3.08. The van der Waals surface area contributed by atoms with Crippen molar-refractivity contribution in [2.24, 2.45) is 0 Å². The monoisotopic (exact) mass is 380 g/mol. The van der Waals surface area contributed by atoms with E-state index in [-0.39, 0.29) is 11.7 Å². The van der Waals surface area contributed by atoms with Gasteiger partial charge in [0.15, 0.2) is 6.04 Å². The van der Waals surface area contributed by atoms with Crippen LogP contribution in [0.15, 0.2) is 48.7 Å². The van der Waals surface area contributed by atoms with Gasteiger partial charge in [0.2, 0.25) is 5.91 Å². The normalized spacial score (nSPS) is 20.9. The van der Waals surface area contributed by atoms with Crippen molar-refractivity contribution in [3.05, 3.63) is 59.9 Å². The predicted molar refractivity (Wildman–Crippen MR) is 91.6 cm³/mol. The molecular formula is C18H19F3N4O2. The molecule has 0 aliphatic carbocycles. The number of amides is 1. The fraction of sp³-hybridized carbons (Fsp3) is 0.333. The van der Waals surface area contributed by atoms with Crippen LogP contribution in [0.3, 0.4) is 0 Å². The highest BCUT2D eigenvalue weighted by Crippen LogP contribution is 2.32. The number of hydrogen-bond donors (Lipinski definition) is 3. The molecule has 0 radical (unpaired) electrons. The Morgan fingerprint density at radius 1 is 1.22 bits per heavy atom. The van der Waals surface area contributed by atoms with Crippen LogP contribution in [0.1, 0.15) is 29.8 Å². The fourth-order valence-corrected chi connectivity index (χ4v) is 2.90. The minimum atomic E-state index is -4.65. The minimum Gasteiger partial charge on any atom is -0.497 e. The van der Waals surface area contributed by atoms with Gasteiger partial charge in [0.05, 0.1) is 12.8 Å². The van der Waals surface area contributed by atoms with Gasteiger partial charge in [-0.2, -0.15) is 13.2 Å². The molecule has 1 aromatic carbocycles. The Labute approximate surface area is 154 Å². The van der Waals surface area contributed by atoms with E-state index < -0.39 is 24.2 Å². The largest absolute Gasteiger partial charge is 0.497 e. The van der Waals surface area contributed by atoms with Crippen molar-refractivity contribution in [3.63, 3.8) is 0 Å². The number of nitrogens with zero attached hydrogens (tertiary/aromatic N) is 1. The lowest BCUT2D eigenvalue weighted by Gasteiger charge is -2.22. The first-order chi connectivity index (χ1) is 12.9. The Balaban J connectivity index is 1.66. The summed E-state index contributed by atoms with van der Waals surface area (Å²) in [6.45, 7) is 0. The summed E-state index contributed by atoms with van der Waals surface area (Å²) in [5, 5.41) is 2.06. The number of alkyl halides is 3. The maximum atomic E-state index is 13.4. The van der Waals surface area contributed by atoms with Crippen LogP contribution in [0.25, 0.3) is 0 Å². The van der Waals surface area contributed by atoms with Gasteiger partial charge in [-0.25, -0.2) is 10.9 Å². The van der Waals surface area contributed by atoms with Crippen LogP contribution < -0.4 is 20.9 Å². The van der Waals surface area contributed by atoms with Gasteiger partial charge >= 0.3 is 6.18 Å². The molecule has 0 spiro atoms. The molecule has 1 amide bonds. The smallest absolute Gasteiger partial charge is 0.414 e. The lowest BCUT2D eigenvalue weighted by molar-refractivity contribution is -0.164. The highest BCUT2D eigenvalue weighted by molar-refractivity contribution is 5.82. The van der Waals surface area contributed by atoms with Gasteiger partial charge in [-0.15, -0.1) is 0 Å². The summed E-state index contributed by atoms with van der Waals surface area (Å²) in [4.78, 5) is 16.1. The van der Waals surface area contributed by atoms with Crippen molar-refractivity contribution in [3.8, 4) is 5.75 Å². The van der Waals surface area contributed by atoms with E-state index in [1.54, 1.807) is 19.2 Å². The molecule has 3 unspecified atom stereocenters. The fourth-order valence-electron chi connectivity index (χ4n) is 2.90. The van der Waals surface area contributed by atoms with Gasteiger partial charge in [0.25, 0.3) is 0 Å². The number of pyridine rings is 1. The zero-order valence-corrected chi connectivity index (χ0v) is 14.5. The van der Waals surface area contributed by atoms with Gasteiger partial charge in [0.1, 0.15) is 11.8 Å². The first-order valence-corrected chi connectivity index (χ1v) is 8.31. The molecule has 0 bridgehead atoms. The number of nitrogens with one attached hydrogen (secondary N) is 3. The first-order valence-electron chi connectivity index (χ1n) is 8.31. The van der Waals surface area contributed by atoms with Gasteiger partial charge in [-0.05, 0) is 36.2 Å². The van der Waals surface area contributed by atoms with E-state index >= 15 is 0 Å². The van der Waals surface area contributed by atoms with E-state index in [0.717, 1.165) is 5.56 Å². The van der Waals surface area contributed by atoms with Crippen LogP contribution in [0.2, 0.25) is 0 Å². The first kappa shape index (κ1) is 19.1. The number of hydrogen-bond acceptors (Lipinski definition) is 5. The topological polar surface area (TPSA) is 75.3 Å². The van der Waals surface area contributed by atoms with Crippen LogP contribution >= 0.6 is 0 Å². The highest BCUT2D eigenvalue weighted by Gasteiger charge is 2.44. The summed E-state index contributed by atoms with van der Waals surface area (Å²) in [5.74, 6) is -0.0473. The number of carbonyl (C=O) groups is 1. The predicted octanol–water partition coefficient (Wildman–Crippen LogP) is 2.42. The van der Waals surface area contributed by atoms with Gasteiger partial charge in [-0.3, -0.25) is 9.78 Å². The number of hydrazine groups is 1. The molecule has 1 saturated heterocycles. The van der Waals surface area contributed by atoms with Crippen LogP contribution in [0.5, 0.6) is 5.75 Å². The van der Waals surface area contributed by atoms with Crippen LogP contribution in [-0.2, 0) is 4.79 Å². The summed E-state index contributed by atoms with van der Waals surface area (Å²) in [7, 11) is 1.56. The maximum Gasteiger partial charge on any atom is 0.414 e. The highest BCUT2D eigenvalue weighted by atomic mass is 19.4. The third-order valence-electron chi connectivity index (χ3n) is 4.34. The third kappa shape index (κ3) is 4.55. The van der Waals surface area contributed by atoms with E-state index in [2.05, 4.69) is 21.2 Å². The SMILES string of the molecule is COc1ccc(C2CC(C(=O)NC(c3ccccn3)C(F)(F)F)NN2)cc1. The average molecular weight is 380 g/mol. The van der Waals surface area contributed by atoms with Gasteiger partial charge in [0, 0.05) is 12.2 Å². The quantitative estimate of drug-likeness (QED) is 0.743. The molecule has 1 aliphatic rings. The third-order valence-corrected chi connectivity index (χ3v) is 4.34. The number of aromatic nitrogens is 1. The Morgan fingerprint density at radius 3 is 2.56 bits per heavy atom. The number of carbonyl (C=O) groups excluding carboxylic acids is 1. The van der Waals surface area contributed by atoms with E-state index in [4.69, 9.17) is 4.74 Å². The molecule has 9 heteroatoms.